The normalized spacial score (nSPS) is 21.6. The molecule has 4 nitrogen and oxygen atoms in total. The maximum atomic E-state index is 11.9. The summed E-state index contributed by atoms with van der Waals surface area (Å²) < 4.78 is 0. The molecule has 0 aromatic heterocycles. The molecule has 0 spiro atoms. The number of carbonyl (C=O) groups is 2. The minimum Gasteiger partial charge on any atom is -0.344 e. The van der Waals surface area contributed by atoms with Crippen molar-refractivity contribution >= 4 is 17.5 Å². The lowest BCUT2D eigenvalue weighted by molar-refractivity contribution is -0.122. The van der Waals surface area contributed by atoms with E-state index in [9.17, 15) is 9.59 Å². The van der Waals surface area contributed by atoms with Gasteiger partial charge in [-0.15, -0.1) is 0 Å². The molecule has 1 saturated heterocycles. The zero-order valence-corrected chi connectivity index (χ0v) is 10.2. The molecular weight excluding hydrogens is 228 g/mol. The van der Waals surface area contributed by atoms with E-state index in [0.717, 1.165) is 18.5 Å². The minimum absolute atomic E-state index is 0.0379. The largest absolute Gasteiger partial charge is 0.344 e. The van der Waals surface area contributed by atoms with Gasteiger partial charge in [-0.2, -0.15) is 0 Å². The van der Waals surface area contributed by atoms with E-state index < -0.39 is 0 Å². The molecule has 1 atom stereocenters. The molecule has 1 aliphatic heterocycles. The summed E-state index contributed by atoms with van der Waals surface area (Å²) in [5.74, 6) is -0.150. The van der Waals surface area contributed by atoms with Crippen LogP contribution in [-0.2, 0) is 22.4 Å². The van der Waals surface area contributed by atoms with Crippen LogP contribution in [0.3, 0.4) is 0 Å². The number of fused-ring (bicyclic) bond motifs is 1. The van der Waals surface area contributed by atoms with E-state index >= 15 is 0 Å². The molecule has 1 unspecified atom stereocenters. The molecule has 0 bridgehead atoms. The molecule has 3 rings (SSSR count). The number of aryl methyl sites for hydroxylation is 2. The first-order valence-corrected chi connectivity index (χ1v) is 6.44. The maximum Gasteiger partial charge on any atom is 0.246 e. The first-order chi connectivity index (χ1) is 8.72. The van der Waals surface area contributed by atoms with Gasteiger partial charge < -0.3 is 10.6 Å². The number of hydrogen-bond acceptors (Lipinski definition) is 2. The third kappa shape index (κ3) is 2.10. The summed E-state index contributed by atoms with van der Waals surface area (Å²) in [7, 11) is 0. The zero-order valence-electron chi connectivity index (χ0n) is 10.2. The molecule has 2 N–H and O–H groups in total. The lowest BCUT2D eigenvalue weighted by Crippen LogP contribution is -2.37. The lowest BCUT2D eigenvalue weighted by Gasteiger charge is -2.11. The van der Waals surface area contributed by atoms with Crippen molar-refractivity contribution in [3.8, 4) is 0 Å². The van der Waals surface area contributed by atoms with Crippen LogP contribution in [0.25, 0.3) is 0 Å². The average molecular weight is 244 g/mol. The van der Waals surface area contributed by atoms with Gasteiger partial charge in [0, 0.05) is 12.1 Å². The molecule has 1 fully saturated rings. The second-order valence-corrected chi connectivity index (χ2v) is 4.99. The second-order valence-electron chi connectivity index (χ2n) is 4.99. The van der Waals surface area contributed by atoms with E-state index in [0.29, 0.717) is 12.8 Å². The van der Waals surface area contributed by atoms with Crippen molar-refractivity contribution in [3.05, 3.63) is 29.3 Å². The predicted octanol–water partition coefficient (Wildman–Crippen LogP) is 1.39. The van der Waals surface area contributed by atoms with Crippen LogP contribution in [-0.4, -0.2) is 17.9 Å². The Balaban J connectivity index is 1.69. The third-order valence-electron chi connectivity index (χ3n) is 3.68. The number of rotatable bonds is 2. The molecule has 1 aliphatic carbocycles. The highest BCUT2D eigenvalue weighted by atomic mass is 16.2. The van der Waals surface area contributed by atoms with Gasteiger partial charge in [-0.1, -0.05) is 6.07 Å². The van der Waals surface area contributed by atoms with Crippen LogP contribution in [0.4, 0.5) is 5.69 Å². The summed E-state index contributed by atoms with van der Waals surface area (Å²) in [6.07, 6.45) is 4.48. The Labute approximate surface area is 106 Å². The van der Waals surface area contributed by atoms with Gasteiger partial charge in [0.25, 0.3) is 0 Å². The van der Waals surface area contributed by atoms with Crippen molar-refractivity contribution in [2.24, 2.45) is 0 Å². The number of amides is 2. The van der Waals surface area contributed by atoms with Crippen molar-refractivity contribution in [3.63, 3.8) is 0 Å². The first kappa shape index (κ1) is 11.3. The molecule has 18 heavy (non-hydrogen) atoms. The molecule has 1 aromatic rings. The summed E-state index contributed by atoms with van der Waals surface area (Å²) in [6, 6.07) is 5.71. The van der Waals surface area contributed by atoms with E-state index in [4.69, 9.17) is 0 Å². The highest BCUT2D eigenvalue weighted by Gasteiger charge is 2.27. The molecule has 0 radical (unpaired) electrons. The van der Waals surface area contributed by atoms with Crippen LogP contribution in [0.2, 0.25) is 0 Å². The molecule has 0 saturated carbocycles. The summed E-state index contributed by atoms with van der Waals surface area (Å²) >= 11 is 0. The Morgan fingerprint density at radius 2 is 2.06 bits per heavy atom. The Morgan fingerprint density at radius 3 is 2.83 bits per heavy atom. The number of carbonyl (C=O) groups excluding carboxylic acids is 2. The Morgan fingerprint density at radius 1 is 1.22 bits per heavy atom. The molecule has 2 aliphatic rings. The topological polar surface area (TPSA) is 58.2 Å². The Hall–Kier alpha value is -1.84. The van der Waals surface area contributed by atoms with Gasteiger partial charge in [0.05, 0.1) is 0 Å². The van der Waals surface area contributed by atoms with E-state index in [1.807, 2.05) is 6.07 Å². The van der Waals surface area contributed by atoms with Crippen LogP contribution in [0.15, 0.2) is 18.2 Å². The van der Waals surface area contributed by atoms with Crippen LogP contribution in [0, 0.1) is 0 Å². The standard InChI is InChI=1S/C14H16N2O2/c17-13-7-6-12(16-13)14(18)15-11-5-4-9-2-1-3-10(9)8-11/h4-5,8,12H,1-3,6-7H2,(H,15,18)(H,16,17). The molecular formula is C14H16N2O2. The van der Waals surface area contributed by atoms with Crippen LogP contribution >= 0.6 is 0 Å². The molecule has 1 aromatic carbocycles. The van der Waals surface area contributed by atoms with Gasteiger partial charge in [-0.05, 0) is 48.9 Å². The Bertz CT molecular complexity index is 511. The average Bonchev–Trinajstić information content (AvgIpc) is 2.96. The smallest absolute Gasteiger partial charge is 0.246 e. The van der Waals surface area contributed by atoms with Gasteiger partial charge in [-0.3, -0.25) is 9.59 Å². The van der Waals surface area contributed by atoms with Crippen molar-refractivity contribution in [1.29, 1.82) is 0 Å². The van der Waals surface area contributed by atoms with Crippen LogP contribution in [0.5, 0.6) is 0 Å². The number of benzene rings is 1. The van der Waals surface area contributed by atoms with Crippen LogP contribution < -0.4 is 10.6 Å². The van der Waals surface area contributed by atoms with E-state index in [-0.39, 0.29) is 17.9 Å². The summed E-state index contributed by atoms with van der Waals surface area (Å²) in [6.45, 7) is 0. The van der Waals surface area contributed by atoms with Gasteiger partial charge in [-0.25, -0.2) is 0 Å². The van der Waals surface area contributed by atoms with Crippen molar-refractivity contribution < 1.29 is 9.59 Å². The highest BCUT2D eigenvalue weighted by Crippen LogP contribution is 2.25. The molecule has 1 heterocycles. The van der Waals surface area contributed by atoms with Crippen LogP contribution in [0.1, 0.15) is 30.4 Å². The fourth-order valence-corrected chi connectivity index (χ4v) is 2.69. The number of nitrogens with one attached hydrogen (secondary N) is 2. The molecule has 2 amide bonds. The van der Waals surface area contributed by atoms with Gasteiger partial charge in [0.1, 0.15) is 6.04 Å². The summed E-state index contributed by atoms with van der Waals surface area (Å²) in [5, 5.41) is 5.56. The second kappa shape index (κ2) is 4.44. The van der Waals surface area contributed by atoms with Gasteiger partial charge in [0.15, 0.2) is 0 Å². The highest BCUT2D eigenvalue weighted by molar-refractivity contribution is 5.99. The predicted molar refractivity (Wildman–Crippen MR) is 68.3 cm³/mol. The minimum atomic E-state index is -0.370. The fourth-order valence-electron chi connectivity index (χ4n) is 2.69. The fraction of sp³-hybridized carbons (Fsp3) is 0.429. The van der Waals surface area contributed by atoms with Gasteiger partial charge >= 0.3 is 0 Å². The van der Waals surface area contributed by atoms with E-state index in [1.165, 1.54) is 17.5 Å². The van der Waals surface area contributed by atoms with Crippen molar-refractivity contribution in [2.75, 3.05) is 5.32 Å². The summed E-state index contributed by atoms with van der Waals surface area (Å²) in [4.78, 5) is 23.0. The Kier molecular flexibility index (Phi) is 2.78. The first-order valence-electron chi connectivity index (χ1n) is 6.44. The molecule has 4 heteroatoms. The van der Waals surface area contributed by atoms with E-state index in [2.05, 4.69) is 22.8 Å². The zero-order chi connectivity index (χ0) is 12.5. The third-order valence-corrected chi connectivity index (χ3v) is 3.68. The van der Waals surface area contributed by atoms with Gasteiger partial charge in [0.2, 0.25) is 11.8 Å². The lowest BCUT2D eigenvalue weighted by atomic mass is 10.1. The number of anilines is 1. The van der Waals surface area contributed by atoms with Crippen molar-refractivity contribution in [1.82, 2.24) is 5.32 Å². The quantitative estimate of drug-likeness (QED) is 0.826. The SMILES string of the molecule is O=C1CCC(C(=O)Nc2ccc3c(c2)CCC3)N1. The maximum absolute atomic E-state index is 11.9. The summed E-state index contributed by atoms with van der Waals surface area (Å²) in [5.41, 5.74) is 3.56. The molecule has 94 valence electrons. The van der Waals surface area contributed by atoms with E-state index in [1.54, 1.807) is 0 Å². The number of hydrogen-bond donors (Lipinski definition) is 2. The van der Waals surface area contributed by atoms with Crippen molar-refractivity contribution in [2.45, 2.75) is 38.1 Å². The monoisotopic (exact) mass is 244 g/mol.